The molecule has 0 spiro atoms. The molecule has 1 aromatic rings. The lowest BCUT2D eigenvalue weighted by Gasteiger charge is -2.20. The van der Waals surface area contributed by atoms with Crippen molar-refractivity contribution in [2.45, 2.75) is 12.8 Å². The summed E-state index contributed by atoms with van der Waals surface area (Å²) in [6, 6.07) is 8.06. The SMILES string of the molecule is N#CCCN(CCC#N)C(=O)COC(=O)c1cc(Cl)cc(Cl)c1. The average Bonchev–Trinajstić information content (AvgIpc) is 2.51. The number of amides is 1. The summed E-state index contributed by atoms with van der Waals surface area (Å²) in [4.78, 5) is 25.2. The van der Waals surface area contributed by atoms with Crippen molar-refractivity contribution in [3.8, 4) is 12.1 Å². The largest absolute Gasteiger partial charge is 0.452 e. The average molecular weight is 354 g/mol. The Hall–Kier alpha value is -2.28. The molecule has 0 atom stereocenters. The van der Waals surface area contributed by atoms with Crippen LogP contribution in [-0.2, 0) is 9.53 Å². The second-order valence-electron chi connectivity index (χ2n) is 4.43. The summed E-state index contributed by atoms with van der Waals surface area (Å²) in [6.07, 6.45) is 0.268. The lowest BCUT2D eigenvalue weighted by Crippen LogP contribution is -2.36. The first-order valence-electron chi connectivity index (χ1n) is 6.62. The smallest absolute Gasteiger partial charge is 0.338 e. The number of ether oxygens (including phenoxy) is 1. The molecule has 23 heavy (non-hydrogen) atoms. The number of carbonyl (C=O) groups is 2. The summed E-state index contributed by atoms with van der Waals surface area (Å²) in [5.74, 6) is -1.21. The molecule has 0 radical (unpaired) electrons. The minimum absolute atomic E-state index is 0.134. The zero-order valence-corrected chi connectivity index (χ0v) is 13.6. The van der Waals surface area contributed by atoms with E-state index in [4.69, 9.17) is 38.5 Å². The van der Waals surface area contributed by atoms with Gasteiger partial charge in [0, 0.05) is 23.1 Å². The van der Waals surface area contributed by atoms with Gasteiger partial charge < -0.3 is 9.64 Å². The second kappa shape index (κ2) is 9.68. The molecule has 1 aromatic carbocycles. The van der Waals surface area contributed by atoms with Crippen molar-refractivity contribution in [2.24, 2.45) is 0 Å². The molecule has 8 heteroatoms. The fourth-order valence-corrected chi connectivity index (χ4v) is 2.23. The fourth-order valence-electron chi connectivity index (χ4n) is 1.70. The van der Waals surface area contributed by atoms with Gasteiger partial charge in [-0.1, -0.05) is 23.2 Å². The highest BCUT2D eigenvalue weighted by Crippen LogP contribution is 2.19. The Labute approximate surface area is 143 Å². The fraction of sp³-hybridized carbons (Fsp3) is 0.333. The Kier molecular flexibility index (Phi) is 7.90. The lowest BCUT2D eigenvalue weighted by molar-refractivity contribution is -0.134. The highest BCUT2D eigenvalue weighted by atomic mass is 35.5. The first-order chi connectivity index (χ1) is 11.0. The van der Waals surface area contributed by atoms with E-state index in [9.17, 15) is 9.59 Å². The molecule has 0 aliphatic heterocycles. The summed E-state index contributed by atoms with van der Waals surface area (Å²) < 4.78 is 4.93. The number of esters is 1. The van der Waals surface area contributed by atoms with Crippen LogP contribution in [0.4, 0.5) is 0 Å². The molecule has 0 fully saturated rings. The number of rotatable bonds is 7. The third-order valence-electron chi connectivity index (χ3n) is 2.76. The van der Waals surface area contributed by atoms with E-state index in [1.165, 1.54) is 23.1 Å². The molecular weight excluding hydrogens is 341 g/mol. The molecule has 0 aromatic heterocycles. The van der Waals surface area contributed by atoms with Crippen LogP contribution in [0.3, 0.4) is 0 Å². The van der Waals surface area contributed by atoms with Crippen LogP contribution < -0.4 is 0 Å². The summed E-state index contributed by atoms with van der Waals surface area (Å²) in [5.41, 5.74) is 0.135. The standard InChI is InChI=1S/C15H13Cl2N3O3/c16-12-7-11(8-13(17)9-12)15(22)23-10-14(21)20(5-1-3-18)6-2-4-19/h7-9H,1-2,5-6,10H2. The van der Waals surface area contributed by atoms with Gasteiger partial charge in [-0.15, -0.1) is 0 Å². The van der Waals surface area contributed by atoms with Gasteiger partial charge in [-0.2, -0.15) is 10.5 Å². The van der Waals surface area contributed by atoms with Crippen molar-refractivity contribution >= 4 is 35.1 Å². The molecule has 0 bridgehead atoms. The molecule has 0 heterocycles. The minimum atomic E-state index is -0.733. The van der Waals surface area contributed by atoms with Gasteiger partial charge in [0.25, 0.3) is 5.91 Å². The number of benzene rings is 1. The van der Waals surface area contributed by atoms with Gasteiger partial charge in [0.2, 0.25) is 0 Å². The van der Waals surface area contributed by atoms with Crippen LogP contribution in [0.5, 0.6) is 0 Å². The zero-order valence-electron chi connectivity index (χ0n) is 12.1. The Morgan fingerprint density at radius 1 is 1.04 bits per heavy atom. The molecule has 6 nitrogen and oxygen atoms in total. The van der Waals surface area contributed by atoms with Crippen LogP contribution in [0.25, 0.3) is 0 Å². The topological polar surface area (TPSA) is 94.2 Å². The number of carbonyl (C=O) groups excluding carboxylic acids is 2. The van der Waals surface area contributed by atoms with Crippen molar-refractivity contribution in [2.75, 3.05) is 19.7 Å². The third kappa shape index (κ3) is 6.56. The van der Waals surface area contributed by atoms with Gasteiger partial charge in [-0.3, -0.25) is 4.79 Å². The van der Waals surface area contributed by atoms with Gasteiger partial charge in [0.1, 0.15) is 0 Å². The maximum atomic E-state index is 12.0. The van der Waals surface area contributed by atoms with Crippen LogP contribution in [0.15, 0.2) is 18.2 Å². The summed E-state index contributed by atoms with van der Waals surface area (Å²) in [7, 11) is 0. The molecule has 1 rings (SSSR count). The number of nitriles is 2. The zero-order chi connectivity index (χ0) is 17.2. The first-order valence-corrected chi connectivity index (χ1v) is 7.38. The highest BCUT2D eigenvalue weighted by molar-refractivity contribution is 6.35. The summed E-state index contributed by atoms with van der Waals surface area (Å²) >= 11 is 11.6. The van der Waals surface area contributed by atoms with E-state index in [0.29, 0.717) is 0 Å². The van der Waals surface area contributed by atoms with E-state index >= 15 is 0 Å². The molecule has 0 saturated heterocycles. The number of hydrogen-bond donors (Lipinski definition) is 0. The Bertz CT molecular complexity index is 627. The van der Waals surface area contributed by atoms with Gasteiger partial charge >= 0.3 is 5.97 Å². The van der Waals surface area contributed by atoms with E-state index in [0.717, 1.165) is 0 Å². The highest BCUT2D eigenvalue weighted by Gasteiger charge is 2.16. The maximum Gasteiger partial charge on any atom is 0.338 e. The Morgan fingerprint density at radius 3 is 2.04 bits per heavy atom. The number of hydrogen-bond acceptors (Lipinski definition) is 5. The van der Waals surface area contributed by atoms with Gasteiger partial charge in [-0.25, -0.2) is 4.79 Å². The van der Waals surface area contributed by atoms with E-state index in [1.807, 2.05) is 12.1 Å². The van der Waals surface area contributed by atoms with E-state index in [1.54, 1.807) is 0 Å². The first kappa shape index (κ1) is 18.8. The number of nitrogens with zero attached hydrogens (tertiary/aromatic N) is 3. The van der Waals surface area contributed by atoms with Crippen molar-refractivity contribution in [1.29, 1.82) is 10.5 Å². The summed E-state index contributed by atoms with van der Waals surface area (Å²) in [5, 5.41) is 17.7. The summed E-state index contributed by atoms with van der Waals surface area (Å²) in [6.45, 7) is -0.130. The normalized spacial score (nSPS) is 9.57. The predicted octanol–water partition coefficient (Wildman–Crippen LogP) is 2.81. The van der Waals surface area contributed by atoms with Crippen molar-refractivity contribution in [3.05, 3.63) is 33.8 Å². The number of halogens is 2. The third-order valence-corrected chi connectivity index (χ3v) is 3.20. The van der Waals surface area contributed by atoms with Crippen LogP contribution in [0.1, 0.15) is 23.2 Å². The maximum absolute atomic E-state index is 12.0. The van der Waals surface area contributed by atoms with Crippen molar-refractivity contribution < 1.29 is 14.3 Å². The monoisotopic (exact) mass is 353 g/mol. The molecule has 0 unspecified atom stereocenters. The van der Waals surface area contributed by atoms with Crippen molar-refractivity contribution in [3.63, 3.8) is 0 Å². The van der Waals surface area contributed by atoms with Crippen molar-refractivity contribution in [1.82, 2.24) is 4.90 Å². The van der Waals surface area contributed by atoms with Gasteiger partial charge in [-0.05, 0) is 18.2 Å². The molecule has 1 amide bonds. The minimum Gasteiger partial charge on any atom is -0.452 e. The van der Waals surface area contributed by atoms with Crippen LogP contribution in [-0.4, -0.2) is 36.5 Å². The molecule has 120 valence electrons. The predicted molar refractivity (Wildman–Crippen MR) is 83.8 cm³/mol. The Morgan fingerprint density at radius 2 is 1.57 bits per heavy atom. The van der Waals surface area contributed by atoms with Crippen LogP contribution in [0.2, 0.25) is 10.0 Å². The second-order valence-corrected chi connectivity index (χ2v) is 5.30. The van der Waals surface area contributed by atoms with Crippen LogP contribution in [0, 0.1) is 22.7 Å². The molecule has 0 aliphatic rings. The van der Waals surface area contributed by atoms with Gasteiger partial charge in [0.15, 0.2) is 6.61 Å². The lowest BCUT2D eigenvalue weighted by atomic mass is 10.2. The molecule has 0 saturated carbocycles. The molecule has 0 aliphatic carbocycles. The van der Waals surface area contributed by atoms with E-state index in [2.05, 4.69) is 0 Å². The molecule has 0 N–H and O–H groups in total. The van der Waals surface area contributed by atoms with E-state index in [-0.39, 0.29) is 41.5 Å². The molecular formula is C15H13Cl2N3O3. The quantitative estimate of drug-likeness (QED) is 0.702. The Balaban J connectivity index is 2.63. The van der Waals surface area contributed by atoms with Gasteiger partial charge in [0.05, 0.1) is 30.5 Å². The van der Waals surface area contributed by atoms with E-state index < -0.39 is 18.5 Å². The van der Waals surface area contributed by atoms with Crippen LogP contribution >= 0.6 is 23.2 Å².